The summed E-state index contributed by atoms with van der Waals surface area (Å²) in [6.07, 6.45) is 1.86. The molecule has 1 atom stereocenters. The summed E-state index contributed by atoms with van der Waals surface area (Å²) in [6.45, 7) is 7.69. The van der Waals surface area contributed by atoms with Crippen LogP contribution in [0.2, 0.25) is 0 Å². The molecule has 164 valence electrons. The van der Waals surface area contributed by atoms with E-state index in [0.29, 0.717) is 11.6 Å². The molecule has 2 aromatic carbocycles. The van der Waals surface area contributed by atoms with Crippen molar-refractivity contribution >= 4 is 21.6 Å². The second kappa shape index (κ2) is 9.98. The second-order valence-corrected chi connectivity index (χ2v) is 9.99. The normalized spacial score (nSPS) is 12.5. The molecule has 0 bridgehead atoms. The molecule has 1 N–H and O–H groups in total. The fraction of sp³-hybridized carbons (Fsp3) is 0.435. The van der Waals surface area contributed by atoms with Crippen molar-refractivity contribution in [3.8, 4) is 5.75 Å². The van der Waals surface area contributed by atoms with E-state index in [4.69, 9.17) is 4.74 Å². The molecule has 0 heterocycles. The van der Waals surface area contributed by atoms with Gasteiger partial charge in [-0.15, -0.1) is 0 Å². The van der Waals surface area contributed by atoms with Gasteiger partial charge in [-0.2, -0.15) is 0 Å². The van der Waals surface area contributed by atoms with Gasteiger partial charge in [0, 0.05) is 0 Å². The predicted molar refractivity (Wildman–Crippen MR) is 121 cm³/mol. The van der Waals surface area contributed by atoms with Crippen molar-refractivity contribution < 1.29 is 17.9 Å². The second-order valence-electron chi connectivity index (χ2n) is 8.08. The highest BCUT2D eigenvalue weighted by Gasteiger charge is 2.24. The first-order chi connectivity index (χ1) is 14.0. The standard InChI is InChI=1S/C23H32N2O4S/c1-16(2)13-21(19-8-10-20(29-5)11-9-19)24-23(26)15-25(30(6,27)28)22-12-7-17(3)14-18(22)4/h7-12,14,16,21H,13,15H2,1-6H3,(H,24,26)/t21-/m0/s1. The summed E-state index contributed by atoms with van der Waals surface area (Å²) in [5, 5.41) is 3.02. The minimum Gasteiger partial charge on any atom is -0.497 e. The fourth-order valence-electron chi connectivity index (χ4n) is 3.42. The summed E-state index contributed by atoms with van der Waals surface area (Å²) < 4.78 is 31.3. The van der Waals surface area contributed by atoms with Gasteiger partial charge in [0.25, 0.3) is 0 Å². The maximum atomic E-state index is 12.9. The summed E-state index contributed by atoms with van der Waals surface area (Å²) in [5.74, 6) is 0.746. The number of benzene rings is 2. The molecule has 0 aliphatic carbocycles. The number of hydrogen-bond donors (Lipinski definition) is 1. The lowest BCUT2D eigenvalue weighted by atomic mass is 9.97. The van der Waals surface area contributed by atoms with Gasteiger partial charge in [0.2, 0.25) is 15.9 Å². The van der Waals surface area contributed by atoms with Crippen molar-refractivity contribution in [1.82, 2.24) is 5.32 Å². The monoisotopic (exact) mass is 432 g/mol. The van der Waals surface area contributed by atoms with Crippen molar-refractivity contribution in [3.05, 3.63) is 59.2 Å². The molecule has 0 aliphatic heterocycles. The summed E-state index contributed by atoms with van der Waals surface area (Å²) in [7, 11) is -2.02. The van der Waals surface area contributed by atoms with Crippen LogP contribution in [0.15, 0.2) is 42.5 Å². The quantitative estimate of drug-likeness (QED) is 0.650. The van der Waals surface area contributed by atoms with Crippen LogP contribution in [-0.2, 0) is 14.8 Å². The van der Waals surface area contributed by atoms with Crippen LogP contribution in [0.4, 0.5) is 5.69 Å². The number of sulfonamides is 1. The number of ether oxygens (including phenoxy) is 1. The number of carbonyl (C=O) groups is 1. The molecule has 6 nitrogen and oxygen atoms in total. The average molecular weight is 433 g/mol. The van der Waals surface area contributed by atoms with Gasteiger partial charge in [-0.25, -0.2) is 8.42 Å². The molecule has 0 radical (unpaired) electrons. The molecule has 0 saturated heterocycles. The zero-order valence-corrected chi connectivity index (χ0v) is 19.4. The average Bonchev–Trinajstić information content (AvgIpc) is 2.65. The van der Waals surface area contributed by atoms with Crippen molar-refractivity contribution in [2.24, 2.45) is 5.92 Å². The van der Waals surface area contributed by atoms with Crippen molar-refractivity contribution in [1.29, 1.82) is 0 Å². The lowest BCUT2D eigenvalue weighted by Gasteiger charge is -2.26. The van der Waals surface area contributed by atoms with E-state index in [1.165, 1.54) is 0 Å². The van der Waals surface area contributed by atoms with E-state index in [9.17, 15) is 13.2 Å². The summed E-state index contributed by atoms with van der Waals surface area (Å²) >= 11 is 0. The Hall–Kier alpha value is -2.54. The van der Waals surface area contributed by atoms with Gasteiger partial charge < -0.3 is 10.1 Å². The maximum Gasteiger partial charge on any atom is 0.241 e. The molecule has 0 aromatic heterocycles. The third kappa shape index (κ3) is 6.49. The van der Waals surface area contributed by atoms with Crippen LogP contribution in [0.25, 0.3) is 0 Å². The Labute approximate surface area is 180 Å². The van der Waals surface area contributed by atoms with Crippen LogP contribution < -0.4 is 14.4 Å². The number of methoxy groups -OCH3 is 1. The van der Waals surface area contributed by atoms with E-state index >= 15 is 0 Å². The number of anilines is 1. The Morgan fingerprint density at radius 3 is 2.23 bits per heavy atom. The van der Waals surface area contributed by atoms with Crippen LogP contribution in [0.3, 0.4) is 0 Å². The van der Waals surface area contributed by atoms with Gasteiger partial charge in [0.1, 0.15) is 12.3 Å². The molecule has 2 aromatic rings. The third-order valence-electron chi connectivity index (χ3n) is 4.87. The number of carbonyl (C=O) groups excluding carboxylic acids is 1. The molecule has 0 aliphatic rings. The minimum atomic E-state index is -3.62. The van der Waals surface area contributed by atoms with Crippen LogP contribution >= 0.6 is 0 Å². The first-order valence-corrected chi connectivity index (χ1v) is 11.8. The predicted octanol–water partition coefficient (Wildman–Crippen LogP) is 3.98. The van der Waals surface area contributed by atoms with E-state index in [1.54, 1.807) is 13.2 Å². The van der Waals surface area contributed by atoms with Crippen molar-refractivity contribution in [2.45, 2.75) is 40.2 Å². The Morgan fingerprint density at radius 1 is 1.10 bits per heavy atom. The highest BCUT2D eigenvalue weighted by molar-refractivity contribution is 7.92. The molecule has 0 fully saturated rings. The highest BCUT2D eigenvalue weighted by Crippen LogP contribution is 2.25. The number of amides is 1. The SMILES string of the molecule is COc1ccc([C@H](CC(C)C)NC(=O)CN(c2ccc(C)cc2C)S(C)(=O)=O)cc1. The number of nitrogens with zero attached hydrogens (tertiary/aromatic N) is 1. The van der Waals surface area contributed by atoms with Gasteiger partial charge in [0.05, 0.1) is 25.1 Å². The largest absolute Gasteiger partial charge is 0.497 e. The van der Waals surface area contributed by atoms with Crippen LogP contribution in [-0.4, -0.2) is 34.2 Å². The maximum absolute atomic E-state index is 12.9. The first kappa shape index (κ1) is 23.7. The van der Waals surface area contributed by atoms with Crippen LogP contribution in [0.5, 0.6) is 5.75 Å². The van der Waals surface area contributed by atoms with Crippen molar-refractivity contribution in [2.75, 3.05) is 24.2 Å². The zero-order valence-electron chi connectivity index (χ0n) is 18.6. The number of aryl methyl sites for hydroxylation is 2. The lowest BCUT2D eigenvalue weighted by molar-refractivity contribution is -0.120. The van der Waals surface area contributed by atoms with Crippen LogP contribution in [0.1, 0.15) is 43.0 Å². The molecule has 0 saturated carbocycles. The Bertz CT molecular complexity index is 969. The third-order valence-corrected chi connectivity index (χ3v) is 6.00. The molecular formula is C23H32N2O4S. The fourth-order valence-corrected chi connectivity index (χ4v) is 4.34. The molecule has 0 unspecified atom stereocenters. The topological polar surface area (TPSA) is 75.7 Å². The highest BCUT2D eigenvalue weighted by atomic mass is 32.2. The van der Waals surface area contributed by atoms with Crippen LogP contribution in [0, 0.1) is 19.8 Å². The number of hydrogen-bond acceptors (Lipinski definition) is 4. The summed E-state index contributed by atoms with van der Waals surface area (Å²) in [6, 6.07) is 12.8. The van der Waals surface area contributed by atoms with E-state index < -0.39 is 10.0 Å². The lowest BCUT2D eigenvalue weighted by Crippen LogP contribution is -2.42. The van der Waals surface area contributed by atoms with E-state index in [1.807, 2.05) is 50.2 Å². The Balaban J connectivity index is 2.25. The Morgan fingerprint density at radius 2 is 1.73 bits per heavy atom. The van der Waals surface area contributed by atoms with Gasteiger partial charge in [-0.1, -0.05) is 43.7 Å². The number of rotatable bonds is 9. The number of nitrogens with one attached hydrogen (secondary N) is 1. The van der Waals surface area contributed by atoms with Gasteiger partial charge in [0.15, 0.2) is 0 Å². The summed E-state index contributed by atoms with van der Waals surface area (Å²) in [5.41, 5.74) is 3.31. The summed E-state index contributed by atoms with van der Waals surface area (Å²) in [4.78, 5) is 12.9. The Kier molecular flexibility index (Phi) is 7.89. The molecular weight excluding hydrogens is 400 g/mol. The minimum absolute atomic E-state index is 0.219. The smallest absolute Gasteiger partial charge is 0.241 e. The zero-order chi connectivity index (χ0) is 22.5. The molecule has 30 heavy (non-hydrogen) atoms. The van der Waals surface area contributed by atoms with Gasteiger partial charge in [-0.05, 0) is 55.5 Å². The van der Waals surface area contributed by atoms with E-state index in [2.05, 4.69) is 19.2 Å². The molecule has 0 spiro atoms. The first-order valence-electron chi connectivity index (χ1n) is 9.99. The van der Waals surface area contributed by atoms with E-state index in [0.717, 1.165) is 39.4 Å². The van der Waals surface area contributed by atoms with Gasteiger partial charge >= 0.3 is 0 Å². The molecule has 1 amide bonds. The molecule has 2 rings (SSSR count). The molecule has 7 heteroatoms. The van der Waals surface area contributed by atoms with Gasteiger partial charge in [-0.3, -0.25) is 9.10 Å². The van der Waals surface area contributed by atoms with E-state index in [-0.39, 0.29) is 18.5 Å². The van der Waals surface area contributed by atoms with Crippen molar-refractivity contribution in [3.63, 3.8) is 0 Å².